The van der Waals surface area contributed by atoms with Crippen molar-refractivity contribution in [2.24, 2.45) is 5.41 Å². The van der Waals surface area contributed by atoms with Crippen LogP contribution in [0.5, 0.6) is 5.75 Å². The van der Waals surface area contributed by atoms with Crippen LogP contribution in [0.1, 0.15) is 85.3 Å². The number of aliphatic hydroxyl groups is 2. The van der Waals surface area contributed by atoms with Gasteiger partial charge in [0.15, 0.2) is 5.78 Å². The molecule has 3 N–H and O–H groups in total. The normalized spacial score (nSPS) is 27.9. The number of carbonyl (C=O) groups is 1. The van der Waals surface area contributed by atoms with Gasteiger partial charge in [0, 0.05) is 49.3 Å². The highest BCUT2D eigenvalue weighted by atomic mass is 16.3. The van der Waals surface area contributed by atoms with E-state index in [0.717, 1.165) is 68.7 Å². The van der Waals surface area contributed by atoms with E-state index in [0.29, 0.717) is 42.7 Å². The van der Waals surface area contributed by atoms with Gasteiger partial charge >= 0.3 is 0 Å². The number of ketones is 1. The predicted octanol–water partition coefficient (Wildman–Crippen LogP) is 6.48. The highest BCUT2D eigenvalue weighted by Crippen LogP contribution is 2.59. The quantitative estimate of drug-likeness (QED) is 0.227. The molecule has 0 aromatic heterocycles. The average molecular weight is 609 g/mol. The highest BCUT2D eigenvalue weighted by molar-refractivity contribution is 6.10. The molecule has 1 saturated carbocycles. The van der Waals surface area contributed by atoms with E-state index in [1.807, 2.05) is 54.6 Å². The Morgan fingerprint density at radius 2 is 1.67 bits per heavy atom. The van der Waals surface area contributed by atoms with Crippen LogP contribution in [0.4, 0.5) is 5.69 Å². The number of piperazine rings is 1. The van der Waals surface area contributed by atoms with Crippen LogP contribution in [0.15, 0.2) is 84.4 Å². The summed E-state index contributed by atoms with van der Waals surface area (Å²) in [5.41, 5.74) is 4.12. The number of allylic oxidation sites excluding steroid dienone is 2. The van der Waals surface area contributed by atoms with Crippen molar-refractivity contribution in [2.45, 2.75) is 76.4 Å². The first-order chi connectivity index (χ1) is 21.7. The summed E-state index contributed by atoms with van der Waals surface area (Å²) in [6.45, 7) is 8.19. The number of fused-ring (bicyclic) bond motifs is 8. The molecule has 45 heavy (non-hydrogen) atoms. The van der Waals surface area contributed by atoms with E-state index < -0.39 is 17.1 Å². The van der Waals surface area contributed by atoms with Crippen LogP contribution >= 0.6 is 0 Å². The first-order valence-corrected chi connectivity index (χ1v) is 16.7. The summed E-state index contributed by atoms with van der Waals surface area (Å²) in [6.07, 6.45) is 7.01. The minimum atomic E-state index is -0.921. The molecule has 0 amide bonds. The first-order valence-electron chi connectivity index (χ1n) is 16.7. The number of anilines is 1. The molecule has 1 heterocycles. The second kappa shape index (κ2) is 13.1. The van der Waals surface area contributed by atoms with E-state index in [1.165, 1.54) is 5.57 Å². The number of para-hydroxylation sites is 2. The second-order valence-corrected chi connectivity index (χ2v) is 13.9. The molecule has 3 aliphatic carbocycles. The lowest BCUT2D eigenvalue weighted by Gasteiger charge is -2.47. The number of benzene rings is 3. The minimum Gasteiger partial charge on any atom is -0.506 e. The molecule has 1 aliphatic heterocycles. The summed E-state index contributed by atoms with van der Waals surface area (Å²) in [6, 6.07) is 23.2. The van der Waals surface area contributed by atoms with Crippen LogP contribution in [0.2, 0.25) is 0 Å². The van der Waals surface area contributed by atoms with Gasteiger partial charge in [-0.2, -0.15) is 0 Å². The molecule has 0 spiro atoms. The number of phenolic OH excluding ortho intramolecular Hbond substituents is 1. The van der Waals surface area contributed by atoms with Crippen LogP contribution in [-0.4, -0.2) is 70.4 Å². The number of rotatable bonds is 5. The number of aliphatic hydroxyl groups excluding tert-OH is 1. The third-order valence-electron chi connectivity index (χ3n) is 11.0. The smallest absolute Gasteiger partial charge is 0.193 e. The number of hydrogen-bond donors (Lipinski definition) is 3. The van der Waals surface area contributed by atoms with Gasteiger partial charge in [-0.3, -0.25) is 9.69 Å². The van der Waals surface area contributed by atoms with Gasteiger partial charge in [-0.1, -0.05) is 73.2 Å². The number of β-amino-alcohol motifs (C(OH)–C–C–N with tert-alkyl or cyclic N) is 1. The molecule has 6 nitrogen and oxygen atoms in total. The number of carbonyl (C=O) groups excluding carboxylic acids is 1. The van der Waals surface area contributed by atoms with Gasteiger partial charge in [0.05, 0.1) is 17.4 Å². The van der Waals surface area contributed by atoms with Crippen molar-refractivity contribution in [1.29, 1.82) is 0 Å². The maximum absolute atomic E-state index is 14.1. The molecule has 0 radical (unpaired) electrons. The van der Waals surface area contributed by atoms with Gasteiger partial charge in [-0.25, -0.2) is 0 Å². The topological polar surface area (TPSA) is 84.2 Å². The Hall–Kier alpha value is -3.45. The Morgan fingerprint density at radius 1 is 0.933 bits per heavy atom. The summed E-state index contributed by atoms with van der Waals surface area (Å²) in [4.78, 5) is 18.7. The zero-order valence-corrected chi connectivity index (χ0v) is 26.8. The maximum atomic E-state index is 14.1. The summed E-state index contributed by atoms with van der Waals surface area (Å²) in [5, 5.41) is 33.9. The molecule has 2 fully saturated rings. The standard InChI is InChI=1S/C39H48N2O4/c1-28-9-8-19-38(2)34(18-20-39(38,45)27-40-21-23-41(24-22-40)35-12-6-7-13-36(35)43)32-17-15-29(25-31(42)16-14-28)26-33(32)37(44)30-10-4-3-5-11-30/h3-7,9-13,15,17,26,31,34,42-43,45H,8,14,16,18-25,27H2,1-2H3. The van der Waals surface area contributed by atoms with Gasteiger partial charge in [0.1, 0.15) is 5.75 Å². The Balaban J connectivity index is 1.32. The Bertz CT molecular complexity index is 1530. The largest absolute Gasteiger partial charge is 0.506 e. The van der Waals surface area contributed by atoms with Crippen molar-refractivity contribution < 1.29 is 20.1 Å². The van der Waals surface area contributed by atoms with Crippen LogP contribution in [0, 0.1) is 5.41 Å². The Morgan fingerprint density at radius 3 is 2.42 bits per heavy atom. The van der Waals surface area contributed by atoms with Crippen LogP contribution < -0.4 is 4.90 Å². The SMILES string of the molecule is CC1=CCCC2(C)C(CCC2(O)CN2CCN(c3ccccc3O)CC2)c2ccc(cc2C(=O)c2ccccc2)CC(O)CC1. The van der Waals surface area contributed by atoms with E-state index in [-0.39, 0.29) is 11.7 Å². The summed E-state index contributed by atoms with van der Waals surface area (Å²) >= 11 is 0. The lowest BCUT2D eigenvalue weighted by molar-refractivity contribution is -0.0841. The van der Waals surface area contributed by atoms with Crippen molar-refractivity contribution in [3.63, 3.8) is 0 Å². The molecule has 1 saturated heterocycles. The van der Waals surface area contributed by atoms with Crippen molar-refractivity contribution >= 4 is 11.5 Å². The van der Waals surface area contributed by atoms with Gasteiger partial charge < -0.3 is 20.2 Å². The van der Waals surface area contributed by atoms with Crippen molar-refractivity contribution in [3.8, 4) is 5.75 Å². The molecule has 4 unspecified atom stereocenters. The fourth-order valence-electron chi connectivity index (χ4n) is 8.19. The Kier molecular flexibility index (Phi) is 9.19. The van der Waals surface area contributed by atoms with Crippen molar-refractivity contribution in [3.05, 3.63) is 107 Å². The number of aromatic hydroxyl groups is 1. The van der Waals surface area contributed by atoms with E-state index in [1.54, 1.807) is 6.07 Å². The molecule has 4 aliphatic rings. The summed E-state index contributed by atoms with van der Waals surface area (Å²) in [5.74, 6) is 0.325. The zero-order valence-electron chi connectivity index (χ0n) is 26.8. The lowest BCUT2D eigenvalue weighted by Crippen LogP contribution is -2.56. The molecule has 2 bridgehead atoms. The highest BCUT2D eigenvalue weighted by Gasteiger charge is 2.57. The van der Waals surface area contributed by atoms with E-state index in [2.05, 4.69) is 41.9 Å². The number of nitrogens with zero attached hydrogens (tertiary/aromatic N) is 2. The van der Waals surface area contributed by atoms with Crippen LogP contribution in [0.25, 0.3) is 0 Å². The van der Waals surface area contributed by atoms with Gasteiger partial charge in [-0.05, 0) is 87.1 Å². The molecule has 3 aromatic carbocycles. The second-order valence-electron chi connectivity index (χ2n) is 13.9. The minimum absolute atomic E-state index is 0.00264. The summed E-state index contributed by atoms with van der Waals surface area (Å²) < 4.78 is 0. The predicted molar refractivity (Wildman–Crippen MR) is 180 cm³/mol. The van der Waals surface area contributed by atoms with Crippen molar-refractivity contribution in [2.75, 3.05) is 37.6 Å². The van der Waals surface area contributed by atoms with Gasteiger partial charge in [0.25, 0.3) is 0 Å². The van der Waals surface area contributed by atoms with Gasteiger partial charge in [-0.15, -0.1) is 0 Å². The Labute approximate surface area is 268 Å². The third-order valence-corrected chi connectivity index (χ3v) is 11.0. The van der Waals surface area contributed by atoms with E-state index in [9.17, 15) is 20.1 Å². The molecule has 4 atom stereocenters. The van der Waals surface area contributed by atoms with E-state index >= 15 is 0 Å². The van der Waals surface area contributed by atoms with E-state index in [4.69, 9.17) is 0 Å². The van der Waals surface area contributed by atoms with Crippen molar-refractivity contribution in [1.82, 2.24) is 4.90 Å². The van der Waals surface area contributed by atoms with Crippen LogP contribution in [-0.2, 0) is 6.42 Å². The number of hydrogen-bond acceptors (Lipinski definition) is 6. The fourth-order valence-corrected chi connectivity index (χ4v) is 8.19. The van der Waals surface area contributed by atoms with Gasteiger partial charge in [0.2, 0.25) is 0 Å². The maximum Gasteiger partial charge on any atom is 0.193 e. The summed E-state index contributed by atoms with van der Waals surface area (Å²) in [7, 11) is 0. The fraction of sp³-hybridized carbons (Fsp3) is 0.462. The molecule has 238 valence electrons. The molecule has 6 heteroatoms. The molecule has 3 aromatic rings. The zero-order chi connectivity index (χ0) is 31.6. The molecule has 7 rings (SSSR count). The molecular weight excluding hydrogens is 560 g/mol. The third kappa shape index (κ3) is 6.46. The number of phenols is 1. The lowest BCUT2D eigenvalue weighted by atomic mass is 9.64. The van der Waals surface area contributed by atoms with Crippen LogP contribution in [0.3, 0.4) is 0 Å². The monoisotopic (exact) mass is 608 g/mol. The first kappa shape index (κ1) is 31.5. The molecular formula is C39H48N2O4. The average Bonchev–Trinajstić information content (AvgIpc) is 3.29.